The predicted octanol–water partition coefficient (Wildman–Crippen LogP) is 3.64. The lowest BCUT2D eigenvalue weighted by Gasteiger charge is -2.37. The van der Waals surface area contributed by atoms with Gasteiger partial charge in [0.1, 0.15) is 11.8 Å². The minimum absolute atomic E-state index is 0.0888. The fraction of sp³-hybridized carbons (Fsp3) is 0.214. The Morgan fingerprint density at radius 3 is 2.32 bits per heavy atom. The van der Waals surface area contributed by atoms with Gasteiger partial charge in [0.25, 0.3) is 0 Å². The molecule has 9 nitrogen and oxygen atoms in total. The summed E-state index contributed by atoms with van der Waals surface area (Å²) in [7, 11) is -2.80. The molecule has 0 bridgehead atoms. The third kappa shape index (κ3) is 5.71. The van der Waals surface area contributed by atoms with Gasteiger partial charge in [0.2, 0.25) is 10.0 Å². The van der Waals surface area contributed by atoms with Crippen LogP contribution < -0.4 is 15.4 Å². The van der Waals surface area contributed by atoms with Crippen LogP contribution in [0.25, 0.3) is 0 Å². The van der Waals surface area contributed by atoms with Crippen molar-refractivity contribution < 1.29 is 27.9 Å². The van der Waals surface area contributed by atoms with Gasteiger partial charge in [0.05, 0.1) is 18.0 Å². The zero-order valence-corrected chi connectivity index (χ0v) is 21.6. The van der Waals surface area contributed by atoms with E-state index in [0.717, 1.165) is 15.4 Å². The maximum Gasteiger partial charge on any atom is 0.324 e. The van der Waals surface area contributed by atoms with E-state index in [1.807, 2.05) is 36.4 Å². The highest BCUT2D eigenvalue weighted by molar-refractivity contribution is 7.89. The standard InChI is InChI=1S/C28H29N3O6S/c1-37-23-13-15-24(16-14-23)38(35,36)30-17-6-5-12-25(26(30)27(32)33)31(28(29)34)22-11-7-10-21(19-22)18-20-8-3-2-4-9-20/h2-11,13-16,19,25-26H,12,17-18H2,1H3,(H2,29,34)(H,32,33). The number of aliphatic carboxylic acids is 1. The van der Waals surface area contributed by atoms with Crippen molar-refractivity contribution in [1.29, 1.82) is 0 Å². The number of nitrogens with zero attached hydrogens (tertiary/aromatic N) is 2. The Kier molecular flexibility index (Phi) is 8.13. The van der Waals surface area contributed by atoms with Crippen molar-refractivity contribution in [3.8, 4) is 5.75 Å². The lowest BCUT2D eigenvalue weighted by atomic mass is 10.0. The number of hydrogen-bond donors (Lipinski definition) is 2. The van der Waals surface area contributed by atoms with E-state index in [1.54, 1.807) is 30.4 Å². The van der Waals surface area contributed by atoms with E-state index in [9.17, 15) is 23.1 Å². The van der Waals surface area contributed by atoms with Crippen molar-refractivity contribution >= 4 is 27.7 Å². The zero-order chi connectivity index (χ0) is 27.3. The second-order valence-corrected chi connectivity index (χ2v) is 10.7. The van der Waals surface area contributed by atoms with Crippen molar-refractivity contribution in [2.45, 2.75) is 29.8 Å². The molecule has 1 aliphatic rings. The molecule has 3 aromatic carbocycles. The molecule has 10 heteroatoms. The highest BCUT2D eigenvalue weighted by atomic mass is 32.2. The number of hydrogen-bond acceptors (Lipinski definition) is 5. The number of sulfonamides is 1. The van der Waals surface area contributed by atoms with Gasteiger partial charge in [-0.2, -0.15) is 4.31 Å². The molecular formula is C28H29N3O6S. The zero-order valence-electron chi connectivity index (χ0n) is 20.8. The van der Waals surface area contributed by atoms with E-state index >= 15 is 0 Å². The van der Waals surface area contributed by atoms with Crippen LogP contribution in [0, 0.1) is 0 Å². The van der Waals surface area contributed by atoms with Crippen LogP contribution in [0.3, 0.4) is 0 Å². The number of primary amides is 1. The number of amides is 2. The van der Waals surface area contributed by atoms with Crippen LogP contribution in [0.1, 0.15) is 17.5 Å². The minimum Gasteiger partial charge on any atom is -0.497 e. The van der Waals surface area contributed by atoms with E-state index in [1.165, 1.54) is 36.3 Å². The van der Waals surface area contributed by atoms with E-state index in [0.29, 0.717) is 17.9 Å². The lowest BCUT2D eigenvalue weighted by Crippen LogP contribution is -2.59. The normalized spacial score (nSPS) is 17.9. The summed E-state index contributed by atoms with van der Waals surface area (Å²) in [5.41, 5.74) is 8.14. The second-order valence-electron chi connectivity index (χ2n) is 8.85. The fourth-order valence-corrected chi connectivity index (χ4v) is 6.21. The number of rotatable bonds is 8. The first-order valence-electron chi connectivity index (χ1n) is 12.0. The Bertz CT molecular complexity index is 1420. The van der Waals surface area contributed by atoms with Crippen molar-refractivity contribution in [2.75, 3.05) is 18.6 Å². The number of anilines is 1. The molecule has 38 heavy (non-hydrogen) atoms. The van der Waals surface area contributed by atoms with Crippen molar-refractivity contribution in [2.24, 2.45) is 5.73 Å². The number of carbonyl (C=O) groups excluding carboxylic acids is 1. The fourth-order valence-electron chi connectivity index (χ4n) is 4.64. The van der Waals surface area contributed by atoms with Gasteiger partial charge >= 0.3 is 12.0 Å². The molecule has 0 radical (unpaired) electrons. The van der Waals surface area contributed by atoms with Crippen molar-refractivity contribution in [3.05, 3.63) is 102 Å². The Labute approximate surface area is 221 Å². The van der Waals surface area contributed by atoms with E-state index in [-0.39, 0.29) is 17.9 Å². The van der Waals surface area contributed by atoms with Gasteiger partial charge in [-0.15, -0.1) is 0 Å². The van der Waals surface area contributed by atoms with Gasteiger partial charge in [0, 0.05) is 12.2 Å². The predicted molar refractivity (Wildman–Crippen MR) is 144 cm³/mol. The molecule has 2 atom stereocenters. The molecule has 0 aliphatic carbocycles. The summed E-state index contributed by atoms with van der Waals surface area (Å²) in [6.45, 7) is -0.178. The minimum atomic E-state index is -4.26. The Morgan fingerprint density at radius 2 is 1.68 bits per heavy atom. The topological polar surface area (TPSA) is 130 Å². The van der Waals surface area contributed by atoms with Crippen molar-refractivity contribution in [1.82, 2.24) is 4.31 Å². The van der Waals surface area contributed by atoms with Gasteiger partial charge < -0.3 is 15.6 Å². The third-order valence-electron chi connectivity index (χ3n) is 6.43. The molecule has 3 aromatic rings. The van der Waals surface area contributed by atoms with Gasteiger partial charge in [-0.3, -0.25) is 9.69 Å². The number of nitrogens with two attached hydrogens (primary N) is 1. The number of urea groups is 1. The summed E-state index contributed by atoms with van der Waals surface area (Å²) < 4.78 is 33.3. The lowest BCUT2D eigenvalue weighted by molar-refractivity contribution is -0.141. The number of carboxylic acids is 1. The SMILES string of the molecule is COc1ccc(S(=O)(=O)N2CC=CCC(N(C(N)=O)c3cccc(Cc4ccccc4)c3)C2C(=O)O)cc1. The van der Waals surface area contributed by atoms with Crippen LogP contribution in [-0.4, -0.2) is 55.6 Å². The van der Waals surface area contributed by atoms with Crippen LogP contribution in [-0.2, 0) is 21.2 Å². The first kappa shape index (κ1) is 26.9. The van der Waals surface area contributed by atoms with Crippen LogP contribution in [0.15, 0.2) is 95.9 Å². The average molecular weight is 536 g/mol. The number of methoxy groups -OCH3 is 1. The maximum atomic E-state index is 13.6. The summed E-state index contributed by atoms with van der Waals surface area (Å²) >= 11 is 0. The molecule has 0 saturated heterocycles. The van der Waals surface area contributed by atoms with E-state index in [4.69, 9.17) is 10.5 Å². The molecule has 2 unspecified atom stereocenters. The molecule has 0 saturated carbocycles. The van der Waals surface area contributed by atoms with Crippen molar-refractivity contribution in [3.63, 3.8) is 0 Å². The highest BCUT2D eigenvalue weighted by Crippen LogP contribution is 2.30. The van der Waals surface area contributed by atoms with Crippen LogP contribution >= 0.6 is 0 Å². The van der Waals surface area contributed by atoms with Crippen LogP contribution in [0.4, 0.5) is 10.5 Å². The first-order chi connectivity index (χ1) is 18.2. The molecule has 0 spiro atoms. The summed E-state index contributed by atoms with van der Waals surface area (Å²) in [6, 6.07) is 19.0. The molecule has 198 valence electrons. The summed E-state index contributed by atoms with van der Waals surface area (Å²) in [4.78, 5) is 26.5. The van der Waals surface area contributed by atoms with Gasteiger partial charge in [-0.25, -0.2) is 13.2 Å². The quantitative estimate of drug-likeness (QED) is 0.424. The summed E-state index contributed by atoms with van der Waals surface area (Å²) in [5.74, 6) is -0.926. The first-order valence-corrected chi connectivity index (χ1v) is 13.4. The van der Waals surface area contributed by atoms with E-state index in [2.05, 4.69) is 0 Å². The summed E-state index contributed by atoms with van der Waals surface area (Å²) in [6.07, 6.45) is 3.94. The molecule has 4 rings (SSSR count). The van der Waals surface area contributed by atoms with Gasteiger partial charge in [-0.1, -0.05) is 54.6 Å². The number of carboxylic acid groups (broad SMARTS) is 1. The molecule has 3 N–H and O–H groups in total. The van der Waals surface area contributed by atoms with Gasteiger partial charge in [0.15, 0.2) is 0 Å². The molecular weight excluding hydrogens is 506 g/mol. The smallest absolute Gasteiger partial charge is 0.324 e. The van der Waals surface area contributed by atoms with Gasteiger partial charge in [-0.05, 0) is 60.4 Å². The van der Waals surface area contributed by atoms with E-state index < -0.39 is 34.1 Å². The maximum absolute atomic E-state index is 13.6. The third-order valence-corrected chi connectivity index (χ3v) is 8.29. The average Bonchev–Trinajstić information content (AvgIpc) is 3.13. The van der Waals surface area contributed by atoms with Crippen LogP contribution in [0.2, 0.25) is 0 Å². The second kappa shape index (κ2) is 11.5. The molecule has 2 amide bonds. The summed E-state index contributed by atoms with van der Waals surface area (Å²) in [5, 5.41) is 10.3. The molecule has 1 aliphatic heterocycles. The molecule has 0 fully saturated rings. The monoisotopic (exact) mass is 535 g/mol. The number of carbonyl (C=O) groups is 2. The van der Waals surface area contributed by atoms with Crippen LogP contribution in [0.5, 0.6) is 5.75 Å². The Morgan fingerprint density at radius 1 is 1.00 bits per heavy atom. The molecule has 1 heterocycles. The Balaban J connectivity index is 1.74. The largest absolute Gasteiger partial charge is 0.497 e. The molecule has 0 aromatic heterocycles. The number of benzene rings is 3. The number of ether oxygens (including phenoxy) is 1. The highest BCUT2D eigenvalue weighted by Gasteiger charge is 2.45. The Hall–Kier alpha value is -4.15.